The van der Waals surface area contributed by atoms with Gasteiger partial charge in [0, 0.05) is 18.9 Å². The van der Waals surface area contributed by atoms with E-state index in [0.29, 0.717) is 18.6 Å². The smallest absolute Gasteiger partial charge is 0.311 e. The van der Waals surface area contributed by atoms with Gasteiger partial charge in [0.05, 0.1) is 25.0 Å². The summed E-state index contributed by atoms with van der Waals surface area (Å²) >= 11 is 0. The predicted molar refractivity (Wildman–Crippen MR) is 118 cm³/mol. The lowest BCUT2D eigenvalue weighted by atomic mass is 9.93. The number of aliphatic carboxylic acids is 1. The van der Waals surface area contributed by atoms with Crippen LogP contribution in [0.2, 0.25) is 0 Å². The first kappa shape index (κ1) is 27.3. The first-order valence-electron chi connectivity index (χ1n) is 11.7. The molecular formula is C24H40O7. The van der Waals surface area contributed by atoms with Crippen LogP contribution >= 0.6 is 0 Å². The zero-order chi connectivity index (χ0) is 23.1. The zero-order valence-corrected chi connectivity index (χ0v) is 18.8. The van der Waals surface area contributed by atoms with Crippen LogP contribution in [0.15, 0.2) is 23.5 Å². The van der Waals surface area contributed by atoms with E-state index in [1.165, 1.54) is 0 Å². The van der Waals surface area contributed by atoms with Crippen molar-refractivity contribution in [2.24, 2.45) is 5.92 Å². The fourth-order valence-electron chi connectivity index (χ4n) is 3.83. The summed E-state index contributed by atoms with van der Waals surface area (Å²) < 4.78 is 5.44. The van der Waals surface area contributed by atoms with Crippen molar-refractivity contribution in [3.63, 3.8) is 0 Å². The van der Waals surface area contributed by atoms with Gasteiger partial charge in [-0.15, -0.1) is 0 Å². The molecule has 0 saturated carbocycles. The highest BCUT2D eigenvalue weighted by Gasteiger charge is 2.33. The second-order valence-corrected chi connectivity index (χ2v) is 8.30. The van der Waals surface area contributed by atoms with Gasteiger partial charge in [0.2, 0.25) is 0 Å². The summed E-state index contributed by atoms with van der Waals surface area (Å²) in [7, 11) is 0. The number of ether oxygens (including phenoxy) is 1. The Morgan fingerprint density at radius 2 is 1.81 bits per heavy atom. The van der Waals surface area contributed by atoms with Gasteiger partial charge < -0.3 is 25.2 Å². The molecule has 0 saturated heterocycles. The van der Waals surface area contributed by atoms with Crippen molar-refractivity contribution in [2.75, 3.05) is 6.61 Å². The molecule has 0 aliphatic heterocycles. The molecule has 1 aliphatic rings. The number of carboxylic acid groups (broad SMARTS) is 1. The second kappa shape index (κ2) is 16.0. The van der Waals surface area contributed by atoms with Crippen LogP contribution in [0.5, 0.6) is 0 Å². The van der Waals surface area contributed by atoms with Gasteiger partial charge in [-0.25, -0.2) is 0 Å². The summed E-state index contributed by atoms with van der Waals surface area (Å²) in [6.07, 6.45) is 11.0. The third kappa shape index (κ3) is 11.5. The first-order valence-corrected chi connectivity index (χ1v) is 11.7. The molecule has 0 bridgehead atoms. The van der Waals surface area contributed by atoms with E-state index < -0.39 is 24.1 Å². The molecule has 0 aromatic carbocycles. The second-order valence-electron chi connectivity index (χ2n) is 8.30. The van der Waals surface area contributed by atoms with E-state index in [0.717, 1.165) is 56.9 Å². The predicted octanol–water partition coefficient (Wildman–Crippen LogP) is 3.86. The number of hydrogen-bond acceptors (Lipinski definition) is 6. The fourth-order valence-corrected chi connectivity index (χ4v) is 3.83. The molecule has 0 heterocycles. The van der Waals surface area contributed by atoms with Gasteiger partial charge in [-0.2, -0.15) is 0 Å². The molecule has 1 rings (SSSR count). The Balaban J connectivity index is 2.79. The maximum absolute atomic E-state index is 12.0. The van der Waals surface area contributed by atoms with Gasteiger partial charge in [0.25, 0.3) is 0 Å². The van der Waals surface area contributed by atoms with Crippen molar-refractivity contribution in [3.05, 3.63) is 23.5 Å². The number of esters is 1. The van der Waals surface area contributed by atoms with Gasteiger partial charge in [-0.05, 0) is 31.3 Å². The summed E-state index contributed by atoms with van der Waals surface area (Å²) in [5, 5.41) is 38.4. The van der Waals surface area contributed by atoms with E-state index >= 15 is 0 Å². The Bertz CT molecular complexity index is 597. The van der Waals surface area contributed by atoms with Crippen LogP contribution in [-0.2, 0) is 14.3 Å². The Morgan fingerprint density at radius 3 is 2.48 bits per heavy atom. The number of unbranched alkanes of at least 4 members (excludes halogenated alkanes) is 6. The molecule has 7 nitrogen and oxygen atoms in total. The van der Waals surface area contributed by atoms with Crippen molar-refractivity contribution in [3.8, 4) is 0 Å². The van der Waals surface area contributed by atoms with Crippen molar-refractivity contribution < 1.29 is 34.8 Å². The van der Waals surface area contributed by atoms with Crippen LogP contribution in [0, 0.1) is 5.92 Å². The molecule has 1 aliphatic carbocycles. The number of aliphatic hydroxyl groups excluding tert-OH is 3. The van der Waals surface area contributed by atoms with Crippen LogP contribution < -0.4 is 0 Å². The van der Waals surface area contributed by atoms with Gasteiger partial charge in [0.15, 0.2) is 0 Å². The normalized spacial score (nSPS) is 19.9. The highest BCUT2D eigenvalue weighted by atomic mass is 16.5. The minimum atomic E-state index is -1.06. The molecule has 4 N–H and O–H groups in total. The van der Waals surface area contributed by atoms with E-state index in [1.54, 1.807) is 6.08 Å². The summed E-state index contributed by atoms with van der Waals surface area (Å²) in [5.41, 5.74) is 0.857. The molecule has 0 unspecified atom stereocenters. The average molecular weight is 441 g/mol. The Labute approximate surface area is 185 Å². The topological polar surface area (TPSA) is 124 Å². The van der Waals surface area contributed by atoms with Gasteiger partial charge >= 0.3 is 11.9 Å². The SMILES string of the molecule is CCCCC[C@H](O)/C=C/[C@@H]1C(CCCCCCCO)=C(OC(=O)CCC(=O)O)C[C@H]1O. The Kier molecular flexibility index (Phi) is 14.1. The van der Waals surface area contributed by atoms with E-state index in [1.807, 2.05) is 6.08 Å². The quantitative estimate of drug-likeness (QED) is 0.154. The maximum Gasteiger partial charge on any atom is 0.311 e. The van der Waals surface area contributed by atoms with Gasteiger partial charge in [-0.1, -0.05) is 57.6 Å². The number of carbonyl (C=O) groups is 2. The Morgan fingerprint density at radius 1 is 1.10 bits per heavy atom. The molecule has 0 aromatic rings. The molecule has 31 heavy (non-hydrogen) atoms. The third-order valence-corrected chi connectivity index (χ3v) is 5.60. The van der Waals surface area contributed by atoms with Crippen molar-refractivity contribution in [2.45, 2.75) is 103 Å². The number of aliphatic hydroxyl groups is 3. The summed E-state index contributed by atoms with van der Waals surface area (Å²) in [6, 6.07) is 0. The standard InChI is InChI=1S/C24H40O7/c1-2-3-7-10-18(26)12-13-19-20(11-8-5-4-6-9-16-25)22(17-21(19)27)31-24(30)15-14-23(28)29/h12-13,18-19,21,25-27H,2-11,14-17H2,1H3,(H,28,29)/b13-12+/t18-,19+,21+/m0/s1. The van der Waals surface area contributed by atoms with Crippen LogP contribution in [0.25, 0.3) is 0 Å². The van der Waals surface area contributed by atoms with E-state index in [2.05, 4.69) is 6.92 Å². The lowest BCUT2D eigenvalue weighted by Crippen LogP contribution is -2.15. The number of carboxylic acids is 1. The minimum Gasteiger partial charge on any atom is -0.481 e. The molecule has 0 aromatic heterocycles. The summed E-state index contributed by atoms with van der Waals surface area (Å²) in [4.78, 5) is 22.7. The largest absolute Gasteiger partial charge is 0.481 e. The van der Waals surface area contributed by atoms with Crippen LogP contribution in [0.3, 0.4) is 0 Å². The molecule has 0 amide bonds. The lowest BCUT2D eigenvalue weighted by Gasteiger charge is -2.16. The minimum absolute atomic E-state index is 0.196. The Hall–Kier alpha value is -1.70. The lowest BCUT2D eigenvalue weighted by molar-refractivity contribution is -0.145. The number of rotatable bonds is 17. The van der Waals surface area contributed by atoms with E-state index in [4.69, 9.17) is 14.9 Å². The summed E-state index contributed by atoms with van der Waals surface area (Å²) in [5.74, 6) is -1.54. The first-order chi connectivity index (χ1) is 14.9. The van der Waals surface area contributed by atoms with Crippen molar-refractivity contribution >= 4 is 11.9 Å². The molecule has 0 spiro atoms. The highest BCUT2D eigenvalue weighted by molar-refractivity contribution is 5.77. The number of hydrogen-bond donors (Lipinski definition) is 4. The zero-order valence-electron chi connectivity index (χ0n) is 18.8. The van der Waals surface area contributed by atoms with Gasteiger partial charge in [0.1, 0.15) is 5.76 Å². The summed E-state index contributed by atoms with van der Waals surface area (Å²) in [6.45, 7) is 2.30. The van der Waals surface area contributed by atoms with Crippen molar-refractivity contribution in [1.29, 1.82) is 0 Å². The molecule has 7 heteroatoms. The highest BCUT2D eigenvalue weighted by Crippen LogP contribution is 2.37. The molecular weight excluding hydrogens is 400 g/mol. The van der Waals surface area contributed by atoms with Crippen molar-refractivity contribution in [1.82, 2.24) is 0 Å². The molecule has 178 valence electrons. The van der Waals surface area contributed by atoms with Crippen LogP contribution in [0.1, 0.15) is 90.4 Å². The van der Waals surface area contributed by atoms with E-state index in [9.17, 15) is 19.8 Å². The number of carbonyl (C=O) groups excluding carboxylic acids is 1. The van der Waals surface area contributed by atoms with E-state index in [-0.39, 0.29) is 31.8 Å². The van der Waals surface area contributed by atoms with Crippen LogP contribution in [0.4, 0.5) is 0 Å². The monoisotopic (exact) mass is 440 g/mol. The van der Waals surface area contributed by atoms with Crippen LogP contribution in [-0.4, -0.2) is 51.2 Å². The third-order valence-electron chi connectivity index (χ3n) is 5.60. The fraction of sp³-hybridized carbons (Fsp3) is 0.750. The molecule has 3 atom stereocenters. The average Bonchev–Trinajstić information content (AvgIpc) is 3.01. The molecule has 0 radical (unpaired) electrons. The maximum atomic E-state index is 12.0. The molecule has 0 fully saturated rings. The van der Waals surface area contributed by atoms with Gasteiger partial charge in [-0.3, -0.25) is 9.59 Å².